The van der Waals surface area contributed by atoms with Gasteiger partial charge in [-0.2, -0.15) is 0 Å². The van der Waals surface area contributed by atoms with Crippen molar-refractivity contribution in [3.63, 3.8) is 0 Å². The van der Waals surface area contributed by atoms with E-state index in [4.69, 9.17) is 5.73 Å². The summed E-state index contributed by atoms with van der Waals surface area (Å²) >= 11 is 0. The number of hydrogen-bond acceptors (Lipinski definition) is 3. The van der Waals surface area contributed by atoms with Crippen molar-refractivity contribution in [2.45, 2.75) is 26.4 Å². The van der Waals surface area contributed by atoms with Crippen LogP contribution in [0.3, 0.4) is 0 Å². The largest absolute Gasteiger partial charge is 0.383 e. The zero-order valence-electron chi connectivity index (χ0n) is 10.7. The molecule has 1 aromatic heterocycles. The lowest BCUT2D eigenvalue weighted by molar-refractivity contribution is 0.219. The molecule has 3 N–H and O–H groups in total. The van der Waals surface area contributed by atoms with Crippen molar-refractivity contribution in [1.29, 1.82) is 0 Å². The average Bonchev–Trinajstić information content (AvgIpc) is 2.38. The van der Waals surface area contributed by atoms with E-state index in [9.17, 15) is 5.11 Å². The number of aliphatic hydroxyl groups excluding tert-OH is 1. The highest BCUT2D eigenvalue weighted by Gasteiger charge is 2.18. The average molecular weight is 242 g/mol. The van der Waals surface area contributed by atoms with Gasteiger partial charge in [-0.1, -0.05) is 31.2 Å². The summed E-state index contributed by atoms with van der Waals surface area (Å²) in [4.78, 5) is 4.06. The van der Waals surface area contributed by atoms with Crippen LogP contribution >= 0.6 is 0 Å². The molecule has 2 aromatic rings. The lowest BCUT2D eigenvalue weighted by Gasteiger charge is -2.18. The molecule has 0 aliphatic carbocycles. The number of aliphatic hydroxyl groups is 1. The molecule has 0 aliphatic heterocycles. The fourth-order valence-electron chi connectivity index (χ4n) is 2.22. The van der Waals surface area contributed by atoms with E-state index in [0.717, 1.165) is 23.1 Å². The highest BCUT2D eigenvalue weighted by Crippen LogP contribution is 2.30. The molecule has 0 bridgehead atoms. The van der Waals surface area contributed by atoms with Crippen LogP contribution in [0.5, 0.6) is 0 Å². The molecule has 0 aliphatic rings. The molecule has 2 rings (SSSR count). The minimum atomic E-state index is -0.713. The summed E-state index contributed by atoms with van der Waals surface area (Å²) in [6.07, 6.45) is 1.83. The molecule has 1 aromatic carbocycles. The van der Waals surface area contributed by atoms with Gasteiger partial charge in [0.2, 0.25) is 0 Å². The van der Waals surface area contributed by atoms with Crippen LogP contribution in [0.25, 0.3) is 0 Å². The maximum absolute atomic E-state index is 10.5. The Labute approximate surface area is 107 Å². The third-order valence-corrected chi connectivity index (χ3v) is 3.24. The van der Waals surface area contributed by atoms with E-state index in [1.165, 1.54) is 0 Å². The van der Waals surface area contributed by atoms with Crippen LogP contribution in [-0.2, 0) is 6.42 Å². The minimum Gasteiger partial charge on any atom is -0.383 e. The van der Waals surface area contributed by atoms with Crippen LogP contribution < -0.4 is 5.73 Å². The van der Waals surface area contributed by atoms with Gasteiger partial charge in [-0.25, -0.2) is 4.98 Å². The van der Waals surface area contributed by atoms with E-state index in [0.29, 0.717) is 11.4 Å². The third kappa shape index (κ3) is 2.22. The molecular formula is C15H18N2O. The number of hydrogen-bond donors (Lipinski definition) is 2. The van der Waals surface area contributed by atoms with Gasteiger partial charge in [0.05, 0.1) is 0 Å². The van der Waals surface area contributed by atoms with Crippen LogP contribution in [0, 0.1) is 6.92 Å². The summed E-state index contributed by atoms with van der Waals surface area (Å²) in [5.74, 6) is 0.397. The molecule has 18 heavy (non-hydrogen) atoms. The van der Waals surface area contributed by atoms with E-state index in [-0.39, 0.29) is 0 Å². The summed E-state index contributed by atoms with van der Waals surface area (Å²) in [5.41, 5.74) is 9.58. The van der Waals surface area contributed by atoms with Crippen molar-refractivity contribution in [3.8, 4) is 0 Å². The predicted octanol–water partition coefficient (Wildman–Crippen LogP) is 2.62. The number of aromatic nitrogens is 1. The van der Waals surface area contributed by atoms with E-state index < -0.39 is 6.10 Å². The van der Waals surface area contributed by atoms with Gasteiger partial charge in [0.25, 0.3) is 0 Å². The number of aryl methyl sites for hydroxylation is 2. The van der Waals surface area contributed by atoms with Gasteiger partial charge >= 0.3 is 0 Å². The molecule has 0 saturated carbocycles. The van der Waals surface area contributed by atoms with Gasteiger partial charge in [0.15, 0.2) is 0 Å². The smallest absolute Gasteiger partial charge is 0.129 e. The van der Waals surface area contributed by atoms with Crippen LogP contribution in [0.4, 0.5) is 5.82 Å². The summed E-state index contributed by atoms with van der Waals surface area (Å²) in [6.45, 7) is 4.01. The minimum absolute atomic E-state index is 0.397. The first-order valence-electron chi connectivity index (χ1n) is 6.12. The highest BCUT2D eigenvalue weighted by molar-refractivity contribution is 5.50. The molecule has 0 saturated heterocycles. The molecule has 0 amide bonds. The molecule has 0 spiro atoms. The van der Waals surface area contributed by atoms with Crippen molar-refractivity contribution in [1.82, 2.24) is 4.98 Å². The number of nitrogens with zero attached hydrogens (tertiary/aromatic N) is 1. The maximum Gasteiger partial charge on any atom is 0.129 e. The second-order valence-electron chi connectivity index (χ2n) is 4.38. The second kappa shape index (κ2) is 5.19. The lowest BCUT2D eigenvalue weighted by atomic mass is 9.93. The normalized spacial score (nSPS) is 12.4. The molecule has 1 heterocycles. The van der Waals surface area contributed by atoms with Gasteiger partial charge in [-0.3, -0.25) is 0 Å². The molecule has 0 radical (unpaired) electrons. The predicted molar refractivity (Wildman–Crippen MR) is 73.3 cm³/mol. The SMILES string of the molecule is CCc1ccccc1C(O)c1c(C)ccnc1N. The highest BCUT2D eigenvalue weighted by atomic mass is 16.3. The Hall–Kier alpha value is -1.87. The lowest BCUT2D eigenvalue weighted by Crippen LogP contribution is -2.09. The molecule has 1 atom stereocenters. The first-order valence-corrected chi connectivity index (χ1v) is 6.12. The Balaban J connectivity index is 2.51. The van der Waals surface area contributed by atoms with Crippen LogP contribution in [-0.4, -0.2) is 10.1 Å². The Morgan fingerprint density at radius 3 is 2.67 bits per heavy atom. The van der Waals surface area contributed by atoms with Crippen LogP contribution in [0.15, 0.2) is 36.5 Å². The Bertz CT molecular complexity index is 532. The molecule has 1 unspecified atom stereocenters. The van der Waals surface area contributed by atoms with Gasteiger partial charge in [-0.15, -0.1) is 0 Å². The first-order chi connectivity index (χ1) is 8.65. The maximum atomic E-state index is 10.5. The molecule has 94 valence electrons. The number of rotatable bonds is 3. The van der Waals surface area contributed by atoms with Crippen molar-refractivity contribution in [2.24, 2.45) is 0 Å². The topological polar surface area (TPSA) is 59.1 Å². The van der Waals surface area contributed by atoms with Gasteiger partial charge < -0.3 is 10.8 Å². The Morgan fingerprint density at radius 1 is 1.28 bits per heavy atom. The van der Waals surface area contributed by atoms with Gasteiger partial charge in [0.1, 0.15) is 11.9 Å². The number of nitrogens with two attached hydrogens (primary N) is 1. The van der Waals surface area contributed by atoms with E-state index in [1.54, 1.807) is 6.20 Å². The fraction of sp³-hybridized carbons (Fsp3) is 0.267. The standard InChI is InChI=1S/C15H18N2O/c1-3-11-6-4-5-7-12(11)14(18)13-10(2)8-9-17-15(13)16/h4-9,14,18H,3H2,1-2H3,(H2,16,17). The monoisotopic (exact) mass is 242 g/mol. The Kier molecular flexibility index (Phi) is 3.63. The number of benzene rings is 1. The van der Waals surface area contributed by atoms with Crippen molar-refractivity contribution < 1.29 is 5.11 Å². The van der Waals surface area contributed by atoms with E-state index in [1.807, 2.05) is 37.3 Å². The van der Waals surface area contributed by atoms with E-state index >= 15 is 0 Å². The fourth-order valence-corrected chi connectivity index (χ4v) is 2.22. The first kappa shape index (κ1) is 12.6. The zero-order valence-corrected chi connectivity index (χ0v) is 10.7. The van der Waals surface area contributed by atoms with Gasteiger partial charge in [-0.05, 0) is 36.1 Å². The van der Waals surface area contributed by atoms with Crippen molar-refractivity contribution in [3.05, 3.63) is 58.8 Å². The molecule has 3 heteroatoms. The summed E-state index contributed by atoms with van der Waals surface area (Å²) in [7, 11) is 0. The molecule has 3 nitrogen and oxygen atoms in total. The van der Waals surface area contributed by atoms with Crippen molar-refractivity contribution in [2.75, 3.05) is 5.73 Å². The van der Waals surface area contributed by atoms with Crippen LogP contribution in [0.2, 0.25) is 0 Å². The van der Waals surface area contributed by atoms with Crippen molar-refractivity contribution >= 4 is 5.82 Å². The van der Waals surface area contributed by atoms with Crippen LogP contribution in [0.1, 0.15) is 35.3 Å². The third-order valence-electron chi connectivity index (χ3n) is 3.24. The number of anilines is 1. The number of pyridine rings is 1. The zero-order chi connectivity index (χ0) is 13.1. The van der Waals surface area contributed by atoms with Gasteiger partial charge in [0, 0.05) is 11.8 Å². The summed E-state index contributed by atoms with van der Waals surface area (Å²) in [6, 6.07) is 9.74. The van der Waals surface area contributed by atoms with E-state index in [2.05, 4.69) is 11.9 Å². The second-order valence-corrected chi connectivity index (χ2v) is 4.38. The number of nitrogen functional groups attached to an aromatic ring is 1. The summed E-state index contributed by atoms with van der Waals surface area (Å²) < 4.78 is 0. The molecular weight excluding hydrogens is 224 g/mol. The molecule has 0 fully saturated rings. The quantitative estimate of drug-likeness (QED) is 0.869. The summed E-state index contributed by atoms with van der Waals surface area (Å²) in [5, 5.41) is 10.5. The Morgan fingerprint density at radius 2 is 2.00 bits per heavy atom.